The van der Waals surface area contributed by atoms with Crippen LogP contribution in [0, 0.1) is 0 Å². The molecule has 0 saturated carbocycles. The van der Waals surface area contributed by atoms with Gasteiger partial charge >= 0.3 is 0 Å². The molecule has 4 rings (SSSR count). The number of piperidine rings is 1. The van der Waals surface area contributed by atoms with Gasteiger partial charge in [-0.05, 0) is 42.5 Å². The summed E-state index contributed by atoms with van der Waals surface area (Å²) in [6.07, 6.45) is 3.56. The first kappa shape index (κ1) is 16.2. The summed E-state index contributed by atoms with van der Waals surface area (Å²) in [6.45, 7) is 1.75. The number of hydrogen-bond donors (Lipinski definition) is 1. The van der Waals surface area contributed by atoms with Crippen molar-refractivity contribution in [3.05, 3.63) is 65.7 Å². The summed E-state index contributed by atoms with van der Waals surface area (Å²) in [4.78, 5) is 7.13. The van der Waals surface area contributed by atoms with E-state index in [2.05, 4.69) is 4.90 Å². The van der Waals surface area contributed by atoms with Crippen molar-refractivity contribution in [2.45, 2.75) is 30.9 Å². The van der Waals surface area contributed by atoms with Gasteiger partial charge in [0.15, 0.2) is 5.60 Å². The van der Waals surface area contributed by atoms with Crippen molar-refractivity contribution in [2.75, 3.05) is 20.2 Å². The van der Waals surface area contributed by atoms with E-state index in [-0.39, 0.29) is 0 Å². The van der Waals surface area contributed by atoms with Gasteiger partial charge in [0, 0.05) is 12.6 Å². The molecule has 2 aromatic rings. The second kappa shape index (κ2) is 6.52. The fraction of sp³-hybridized carbons (Fsp3) is 0.381. The van der Waals surface area contributed by atoms with Gasteiger partial charge in [-0.15, -0.1) is 0 Å². The largest absolute Gasteiger partial charge is 0.497 e. The van der Waals surface area contributed by atoms with Crippen LogP contribution in [-0.4, -0.2) is 42.1 Å². The molecule has 2 aliphatic rings. The lowest BCUT2D eigenvalue weighted by Crippen LogP contribution is -2.50. The average Bonchev–Trinajstić information content (AvgIpc) is 3.13. The van der Waals surface area contributed by atoms with Crippen molar-refractivity contribution in [1.82, 2.24) is 4.90 Å². The molecule has 0 aromatic heterocycles. The number of nitrogens with zero attached hydrogens (tertiary/aromatic N) is 2. The third-order valence-electron chi connectivity index (χ3n) is 5.37. The summed E-state index contributed by atoms with van der Waals surface area (Å²) in [5.41, 5.74) is 0.439. The number of aliphatic hydroxyl groups is 1. The van der Waals surface area contributed by atoms with Crippen LogP contribution in [0.4, 0.5) is 0 Å². The lowest BCUT2D eigenvalue weighted by atomic mass is 9.84. The van der Waals surface area contributed by atoms with Gasteiger partial charge in [0.2, 0.25) is 0 Å². The van der Waals surface area contributed by atoms with Crippen LogP contribution < -0.4 is 4.74 Å². The molecule has 1 N–H and O–H groups in total. The molecule has 25 heavy (non-hydrogen) atoms. The molecule has 0 bridgehead atoms. The Hall–Kier alpha value is -2.33. The predicted octanol–water partition coefficient (Wildman–Crippen LogP) is 3.20. The number of aliphatic imine (C=N–C) groups is 1. The van der Waals surface area contributed by atoms with Crippen LogP contribution >= 0.6 is 0 Å². The predicted molar refractivity (Wildman–Crippen MR) is 99.1 cm³/mol. The number of methoxy groups -OCH3 is 1. The number of fused-ring (bicyclic) bond motifs is 1. The second-order valence-electron chi connectivity index (χ2n) is 6.81. The molecule has 2 atom stereocenters. The fourth-order valence-corrected chi connectivity index (χ4v) is 4.01. The highest BCUT2D eigenvalue weighted by molar-refractivity contribution is 5.96. The van der Waals surface area contributed by atoms with E-state index in [1.807, 2.05) is 54.6 Å². The Balaban J connectivity index is 1.81. The van der Waals surface area contributed by atoms with Gasteiger partial charge in [0.1, 0.15) is 11.6 Å². The second-order valence-corrected chi connectivity index (χ2v) is 6.81. The van der Waals surface area contributed by atoms with Gasteiger partial charge in [-0.1, -0.05) is 42.5 Å². The normalized spacial score (nSPS) is 22.1. The molecule has 2 aliphatic heterocycles. The molecule has 1 saturated heterocycles. The van der Waals surface area contributed by atoms with Gasteiger partial charge < -0.3 is 14.7 Å². The zero-order valence-electron chi connectivity index (χ0n) is 14.6. The fourth-order valence-electron chi connectivity index (χ4n) is 4.01. The Morgan fingerprint density at radius 3 is 2.48 bits per heavy atom. The van der Waals surface area contributed by atoms with Crippen molar-refractivity contribution >= 4 is 5.84 Å². The Morgan fingerprint density at radius 2 is 1.76 bits per heavy atom. The minimum Gasteiger partial charge on any atom is -0.497 e. The first-order chi connectivity index (χ1) is 12.2. The molecule has 0 amide bonds. The maximum Gasteiger partial charge on any atom is 0.172 e. The first-order valence-corrected chi connectivity index (χ1v) is 8.97. The van der Waals surface area contributed by atoms with Crippen molar-refractivity contribution in [1.29, 1.82) is 0 Å². The molecule has 4 nitrogen and oxygen atoms in total. The molecular formula is C21H24N2O2. The van der Waals surface area contributed by atoms with Crippen molar-refractivity contribution in [3.63, 3.8) is 0 Å². The van der Waals surface area contributed by atoms with Gasteiger partial charge in [-0.2, -0.15) is 0 Å². The Bertz CT molecular complexity index is 757. The Labute approximate surface area is 148 Å². The number of benzene rings is 2. The van der Waals surface area contributed by atoms with Gasteiger partial charge in [0.05, 0.1) is 13.7 Å². The summed E-state index contributed by atoms with van der Waals surface area (Å²) >= 11 is 0. The smallest absolute Gasteiger partial charge is 0.172 e. The highest BCUT2D eigenvalue weighted by Crippen LogP contribution is 2.37. The quantitative estimate of drug-likeness (QED) is 0.932. The maximum absolute atomic E-state index is 11.9. The van der Waals surface area contributed by atoms with Gasteiger partial charge in [0.25, 0.3) is 0 Å². The summed E-state index contributed by atoms with van der Waals surface area (Å²) in [5.74, 6) is 1.57. The molecule has 0 spiro atoms. The van der Waals surface area contributed by atoms with E-state index < -0.39 is 5.60 Å². The van der Waals surface area contributed by atoms with E-state index in [9.17, 15) is 5.11 Å². The van der Waals surface area contributed by atoms with E-state index in [1.54, 1.807) is 7.11 Å². The molecule has 2 aromatic carbocycles. The molecule has 4 heteroatoms. The monoisotopic (exact) mass is 336 g/mol. The van der Waals surface area contributed by atoms with E-state index >= 15 is 0 Å². The topological polar surface area (TPSA) is 45.1 Å². The van der Waals surface area contributed by atoms with Crippen LogP contribution in [0.5, 0.6) is 5.75 Å². The van der Waals surface area contributed by atoms with Crippen LogP contribution in [0.25, 0.3) is 0 Å². The molecule has 2 unspecified atom stereocenters. The average molecular weight is 336 g/mol. The third-order valence-corrected chi connectivity index (χ3v) is 5.37. The molecule has 1 fully saturated rings. The zero-order valence-corrected chi connectivity index (χ0v) is 14.6. The van der Waals surface area contributed by atoms with Crippen LogP contribution in [-0.2, 0) is 5.60 Å². The molecule has 130 valence electrons. The molecule has 0 radical (unpaired) electrons. The summed E-state index contributed by atoms with van der Waals surface area (Å²) in [7, 11) is 1.65. The number of ether oxygens (including phenoxy) is 1. The Kier molecular flexibility index (Phi) is 4.22. The lowest BCUT2D eigenvalue weighted by Gasteiger charge is -2.39. The van der Waals surface area contributed by atoms with E-state index in [4.69, 9.17) is 9.73 Å². The number of rotatable bonds is 4. The van der Waals surface area contributed by atoms with E-state index in [0.29, 0.717) is 6.04 Å². The third kappa shape index (κ3) is 2.71. The number of hydrogen-bond acceptors (Lipinski definition) is 4. The van der Waals surface area contributed by atoms with Crippen LogP contribution in [0.2, 0.25) is 0 Å². The van der Waals surface area contributed by atoms with E-state index in [0.717, 1.165) is 48.6 Å². The van der Waals surface area contributed by atoms with E-state index in [1.165, 1.54) is 6.42 Å². The summed E-state index contributed by atoms with van der Waals surface area (Å²) in [5, 5.41) is 11.9. The minimum atomic E-state index is -1.24. The first-order valence-electron chi connectivity index (χ1n) is 8.97. The zero-order chi connectivity index (χ0) is 17.3. The maximum atomic E-state index is 11.9. The van der Waals surface area contributed by atoms with Crippen LogP contribution in [0.3, 0.4) is 0 Å². The highest BCUT2D eigenvalue weighted by atomic mass is 16.5. The summed E-state index contributed by atoms with van der Waals surface area (Å²) in [6, 6.07) is 17.9. The summed E-state index contributed by atoms with van der Waals surface area (Å²) < 4.78 is 5.28. The minimum absolute atomic E-state index is 0.428. The van der Waals surface area contributed by atoms with Crippen molar-refractivity contribution in [2.24, 2.45) is 4.99 Å². The van der Waals surface area contributed by atoms with Crippen LogP contribution in [0.1, 0.15) is 30.4 Å². The molecule has 0 aliphatic carbocycles. The SMILES string of the molecule is COc1ccc(C(O)(C2=NCC3CCCCN23)c2ccccc2)cc1. The lowest BCUT2D eigenvalue weighted by molar-refractivity contribution is 0.130. The molecular weight excluding hydrogens is 312 g/mol. The standard InChI is InChI=1S/C21H24N2O2/c1-25-19-12-10-17(11-13-19)21(24,16-7-3-2-4-8-16)20-22-15-18-9-5-6-14-23(18)20/h2-4,7-8,10-13,18,24H,5-6,9,14-15H2,1H3. The van der Waals surface area contributed by atoms with Gasteiger partial charge in [-0.3, -0.25) is 4.99 Å². The molecule has 2 heterocycles. The van der Waals surface area contributed by atoms with Gasteiger partial charge in [-0.25, -0.2) is 0 Å². The van der Waals surface area contributed by atoms with Crippen molar-refractivity contribution in [3.8, 4) is 5.75 Å². The Morgan fingerprint density at radius 1 is 1.04 bits per heavy atom. The van der Waals surface area contributed by atoms with Crippen LogP contribution in [0.15, 0.2) is 59.6 Å². The number of amidine groups is 1. The highest BCUT2D eigenvalue weighted by Gasteiger charge is 2.45. The van der Waals surface area contributed by atoms with Crippen molar-refractivity contribution < 1.29 is 9.84 Å².